The van der Waals surface area contributed by atoms with E-state index < -0.39 is 0 Å². The van der Waals surface area contributed by atoms with E-state index in [9.17, 15) is 5.11 Å². The number of nitrogens with one attached hydrogen (secondary N) is 1. The molecular weight excluding hydrogens is 216 g/mol. The van der Waals surface area contributed by atoms with Crippen LogP contribution in [0.3, 0.4) is 0 Å². The van der Waals surface area contributed by atoms with E-state index in [0.29, 0.717) is 23.7 Å². The van der Waals surface area contributed by atoms with Gasteiger partial charge in [0.2, 0.25) is 0 Å². The summed E-state index contributed by atoms with van der Waals surface area (Å²) in [5.41, 5.74) is 0.445. The van der Waals surface area contributed by atoms with Gasteiger partial charge >= 0.3 is 0 Å². The molecule has 0 aliphatic heterocycles. The molecule has 0 radical (unpaired) electrons. The molecule has 2 rings (SSSR count). The van der Waals surface area contributed by atoms with Gasteiger partial charge in [-0.2, -0.15) is 5.26 Å². The highest BCUT2D eigenvalue weighted by Gasteiger charge is 2.26. The van der Waals surface area contributed by atoms with Crippen LogP contribution >= 0.6 is 0 Å². The molecule has 0 unspecified atom stereocenters. The number of anilines is 1. The van der Waals surface area contributed by atoms with E-state index in [1.807, 2.05) is 0 Å². The Morgan fingerprint density at radius 3 is 3.06 bits per heavy atom. The molecule has 90 valence electrons. The molecule has 17 heavy (non-hydrogen) atoms. The van der Waals surface area contributed by atoms with E-state index in [2.05, 4.69) is 28.3 Å². The SMILES string of the molecule is C[C@@H]1CC[C@@H](Nc2ncncc2C#N)C[C@H]1O. The summed E-state index contributed by atoms with van der Waals surface area (Å²) in [6.07, 6.45) is 5.34. The van der Waals surface area contributed by atoms with Crippen molar-refractivity contribution in [1.82, 2.24) is 9.97 Å². The fraction of sp³-hybridized carbons (Fsp3) is 0.583. The quantitative estimate of drug-likeness (QED) is 0.803. The maximum absolute atomic E-state index is 9.81. The summed E-state index contributed by atoms with van der Waals surface area (Å²) in [5, 5.41) is 22.0. The van der Waals surface area contributed by atoms with Crippen LogP contribution in [-0.2, 0) is 0 Å². The summed E-state index contributed by atoms with van der Waals surface area (Å²) in [7, 11) is 0. The Labute approximate surface area is 101 Å². The number of aromatic nitrogens is 2. The molecular formula is C12H16N4O. The molecule has 1 aliphatic rings. The molecule has 0 spiro atoms. The van der Waals surface area contributed by atoms with Gasteiger partial charge in [-0.15, -0.1) is 0 Å². The predicted molar refractivity (Wildman–Crippen MR) is 63.2 cm³/mol. The first-order valence-corrected chi connectivity index (χ1v) is 5.85. The lowest BCUT2D eigenvalue weighted by Crippen LogP contribution is -2.35. The Bertz CT molecular complexity index is 429. The molecule has 1 fully saturated rings. The van der Waals surface area contributed by atoms with Gasteiger partial charge < -0.3 is 10.4 Å². The summed E-state index contributed by atoms with van der Waals surface area (Å²) >= 11 is 0. The van der Waals surface area contributed by atoms with Gasteiger partial charge in [0.25, 0.3) is 0 Å². The minimum absolute atomic E-state index is 0.184. The molecule has 1 heterocycles. The number of aliphatic hydroxyl groups excluding tert-OH is 1. The lowest BCUT2D eigenvalue weighted by Gasteiger charge is -2.31. The third kappa shape index (κ3) is 2.71. The van der Waals surface area contributed by atoms with E-state index in [4.69, 9.17) is 5.26 Å². The summed E-state index contributed by atoms with van der Waals surface area (Å²) in [5.74, 6) is 0.920. The maximum atomic E-state index is 9.81. The molecule has 0 aromatic carbocycles. The summed E-state index contributed by atoms with van der Waals surface area (Å²) < 4.78 is 0. The van der Waals surface area contributed by atoms with Crippen molar-refractivity contribution in [2.75, 3.05) is 5.32 Å². The van der Waals surface area contributed by atoms with Gasteiger partial charge in [-0.05, 0) is 25.2 Å². The average molecular weight is 232 g/mol. The molecule has 0 amide bonds. The number of hydrogen-bond donors (Lipinski definition) is 2. The van der Waals surface area contributed by atoms with Crippen molar-refractivity contribution in [3.05, 3.63) is 18.1 Å². The van der Waals surface area contributed by atoms with E-state index in [0.717, 1.165) is 12.8 Å². The van der Waals surface area contributed by atoms with Crippen LogP contribution in [0.5, 0.6) is 0 Å². The Kier molecular flexibility index (Phi) is 3.55. The maximum Gasteiger partial charge on any atom is 0.147 e. The van der Waals surface area contributed by atoms with Gasteiger partial charge in [0.15, 0.2) is 0 Å². The monoisotopic (exact) mass is 232 g/mol. The minimum atomic E-state index is -0.270. The van der Waals surface area contributed by atoms with Crippen molar-refractivity contribution in [3.63, 3.8) is 0 Å². The molecule has 1 aromatic heterocycles. The van der Waals surface area contributed by atoms with Crippen LogP contribution in [-0.4, -0.2) is 27.2 Å². The Hall–Kier alpha value is -1.67. The van der Waals surface area contributed by atoms with Crippen LogP contribution in [0, 0.1) is 17.2 Å². The smallest absolute Gasteiger partial charge is 0.147 e. The zero-order valence-electron chi connectivity index (χ0n) is 9.80. The Balaban J connectivity index is 2.04. The number of nitriles is 1. The molecule has 0 saturated heterocycles. The van der Waals surface area contributed by atoms with Crippen molar-refractivity contribution in [2.45, 2.75) is 38.3 Å². The third-order valence-electron chi connectivity index (χ3n) is 3.33. The second kappa shape index (κ2) is 5.11. The van der Waals surface area contributed by atoms with Crippen LogP contribution in [0.25, 0.3) is 0 Å². The lowest BCUT2D eigenvalue weighted by atomic mass is 9.85. The van der Waals surface area contributed by atoms with E-state index >= 15 is 0 Å². The van der Waals surface area contributed by atoms with Crippen LogP contribution in [0.4, 0.5) is 5.82 Å². The third-order valence-corrected chi connectivity index (χ3v) is 3.33. The first-order chi connectivity index (χ1) is 8.20. The van der Waals surface area contributed by atoms with Crippen LogP contribution in [0.1, 0.15) is 31.7 Å². The molecule has 2 N–H and O–H groups in total. The fourth-order valence-electron chi connectivity index (χ4n) is 2.15. The van der Waals surface area contributed by atoms with Crippen LogP contribution in [0.15, 0.2) is 12.5 Å². The van der Waals surface area contributed by atoms with Gasteiger partial charge in [-0.25, -0.2) is 9.97 Å². The van der Waals surface area contributed by atoms with Crippen LogP contribution in [0.2, 0.25) is 0 Å². The highest BCUT2D eigenvalue weighted by Crippen LogP contribution is 2.26. The van der Waals surface area contributed by atoms with Gasteiger partial charge in [-0.3, -0.25) is 0 Å². The Morgan fingerprint density at radius 2 is 2.35 bits per heavy atom. The van der Waals surface area contributed by atoms with E-state index in [1.165, 1.54) is 12.5 Å². The van der Waals surface area contributed by atoms with Gasteiger partial charge in [0, 0.05) is 6.04 Å². The standard InChI is InChI=1S/C12H16N4O/c1-8-2-3-10(4-11(8)17)16-12-9(5-13)6-14-7-15-12/h6-8,10-11,17H,2-4H2,1H3,(H,14,15,16)/t8-,10-,11-/m1/s1. The van der Waals surface area contributed by atoms with Crippen molar-refractivity contribution in [1.29, 1.82) is 5.26 Å². The molecule has 1 saturated carbocycles. The highest BCUT2D eigenvalue weighted by atomic mass is 16.3. The topological polar surface area (TPSA) is 81.8 Å². The molecule has 0 bridgehead atoms. The van der Waals surface area contributed by atoms with E-state index in [-0.39, 0.29) is 12.1 Å². The van der Waals surface area contributed by atoms with Gasteiger partial charge in [-0.1, -0.05) is 6.92 Å². The highest BCUT2D eigenvalue weighted by molar-refractivity contribution is 5.50. The number of nitrogens with zero attached hydrogens (tertiary/aromatic N) is 3. The Morgan fingerprint density at radius 1 is 1.53 bits per heavy atom. The lowest BCUT2D eigenvalue weighted by molar-refractivity contribution is 0.0739. The van der Waals surface area contributed by atoms with Gasteiger partial charge in [0.05, 0.1) is 12.3 Å². The second-order valence-electron chi connectivity index (χ2n) is 4.60. The predicted octanol–water partition coefficient (Wildman–Crippen LogP) is 1.31. The number of rotatable bonds is 2. The molecule has 1 aliphatic carbocycles. The summed E-state index contributed by atoms with van der Waals surface area (Å²) in [6, 6.07) is 2.24. The number of aliphatic hydroxyl groups is 1. The normalized spacial score (nSPS) is 28.4. The second-order valence-corrected chi connectivity index (χ2v) is 4.60. The average Bonchev–Trinajstić information content (AvgIpc) is 2.34. The first kappa shape index (κ1) is 11.8. The van der Waals surface area contributed by atoms with Crippen molar-refractivity contribution in [3.8, 4) is 6.07 Å². The summed E-state index contributed by atoms with van der Waals surface area (Å²) in [6.45, 7) is 2.06. The first-order valence-electron chi connectivity index (χ1n) is 5.85. The molecule has 1 aromatic rings. The van der Waals surface area contributed by atoms with Crippen molar-refractivity contribution in [2.24, 2.45) is 5.92 Å². The number of hydrogen-bond acceptors (Lipinski definition) is 5. The fourth-order valence-corrected chi connectivity index (χ4v) is 2.15. The zero-order valence-corrected chi connectivity index (χ0v) is 9.80. The summed E-state index contributed by atoms with van der Waals surface area (Å²) in [4.78, 5) is 7.87. The zero-order chi connectivity index (χ0) is 12.3. The van der Waals surface area contributed by atoms with Crippen molar-refractivity contribution >= 4 is 5.82 Å². The van der Waals surface area contributed by atoms with Crippen LogP contribution < -0.4 is 5.32 Å². The van der Waals surface area contributed by atoms with Crippen molar-refractivity contribution < 1.29 is 5.11 Å². The molecule has 3 atom stereocenters. The molecule has 5 heteroatoms. The largest absolute Gasteiger partial charge is 0.393 e. The minimum Gasteiger partial charge on any atom is -0.393 e. The van der Waals surface area contributed by atoms with Gasteiger partial charge in [0.1, 0.15) is 23.8 Å². The van der Waals surface area contributed by atoms with E-state index in [1.54, 1.807) is 0 Å². The molecule has 5 nitrogen and oxygen atoms in total.